The van der Waals surface area contributed by atoms with Gasteiger partial charge in [0.2, 0.25) is 0 Å². The average Bonchev–Trinajstić information content (AvgIpc) is 2.60. The quantitative estimate of drug-likeness (QED) is 0.576. The van der Waals surface area contributed by atoms with E-state index in [-0.39, 0.29) is 10.3 Å². The molecule has 0 radical (unpaired) electrons. The summed E-state index contributed by atoms with van der Waals surface area (Å²) in [6.45, 7) is 7.71. The SMILES string of the molecule is CCN(CC)CCCC[N+](C)(C(=O)O)c1ccnc2cc(F)ccc12. The fourth-order valence-corrected chi connectivity index (χ4v) is 3.16. The maximum Gasteiger partial charge on any atom is 0.518 e. The molecule has 6 heteroatoms. The van der Waals surface area contributed by atoms with E-state index in [1.165, 1.54) is 12.1 Å². The Morgan fingerprint density at radius 2 is 1.96 bits per heavy atom. The molecule has 1 amide bonds. The Bertz CT molecular complexity index is 734. The molecule has 0 fully saturated rings. The Morgan fingerprint density at radius 3 is 2.60 bits per heavy atom. The molecule has 25 heavy (non-hydrogen) atoms. The largest absolute Gasteiger partial charge is 0.518 e. The summed E-state index contributed by atoms with van der Waals surface area (Å²) in [5, 5.41) is 10.5. The van der Waals surface area contributed by atoms with Crippen LogP contribution in [0, 0.1) is 5.82 Å². The van der Waals surface area contributed by atoms with Gasteiger partial charge in [0.25, 0.3) is 0 Å². The van der Waals surface area contributed by atoms with Crippen molar-refractivity contribution in [2.24, 2.45) is 0 Å². The van der Waals surface area contributed by atoms with Gasteiger partial charge < -0.3 is 10.0 Å². The predicted octanol–water partition coefficient (Wildman–Crippen LogP) is 4.11. The van der Waals surface area contributed by atoms with E-state index >= 15 is 0 Å². The van der Waals surface area contributed by atoms with Gasteiger partial charge in [-0.05, 0) is 44.6 Å². The summed E-state index contributed by atoms with van der Waals surface area (Å²) in [6, 6.07) is 6.02. The third-order valence-electron chi connectivity index (χ3n) is 4.86. The Morgan fingerprint density at radius 1 is 1.24 bits per heavy atom. The number of hydrogen-bond donors (Lipinski definition) is 1. The zero-order valence-electron chi connectivity index (χ0n) is 15.2. The van der Waals surface area contributed by atoms with Gasteiger partial charge in [-0.1, -0.05) is 13.8 Å². The highest BCUT2D eigenvalue weighted by atomic mass is 19.1. The monoisotopic (exact) mass is 348 g/mol. The summed E-state index contributed by atoms with van der Waals surface area (Å²) in [5.41, 5.74) is 1.12. The van der Waals surface area contributed by atoms with Crippen LogP contribution >= 0.6 is 0 Å². The molecule has 5 nitrogen and oxygen atoms in total. The first-order valence-corrected chi connectivity index (χ1v) is 8.78. The number of fused-ring (bicyclic) bond motifs is 1. The molecule has 0 bridgehead atoms. The number of aromatic nitrogens is 1. The normalized spacial score (nSPS) is 14.0. The van der Waals surface area contributed by atoms with Gasteiger partial charge in [0.05, 0.1) is 24.5 Å². The molecule has 0 aliphatic rings. The number of benzene rings is 1. The number of carbonyl (C=O) groups is 1. The third kappa shape index (κ3) is 4.32. The number of quaternary nitrogens is 1. The second kappa shape index (κ2) is 8.36. The molecule has 0 spiro atoms. The number of carboxylic acid groups (broad SMARTS) is 1. The zero-order chi connectivity index (χ0) is 18.4. The van der Waals surface area contributed by atoms with Crippen LogP contribution in [0.3, 0.4) is 0 Å². The molecule has 1 unspecified atom stereocenters. The van der Waals surface area contributed by atoms with Crippen molar-refractivity contribution < 1.29 is 14.3 Å². The van der Waals surface area contributed by atoms with E-state index in [2.05, 4.69) is 23.7 Å². The van der Waals surface area contributed by atoms with Crippen LogP contribution in [0.25, 0.3) is 10.9 Å². The summed E-state index contributed by atoms with van der Waals surface area (Å²) in [4.78, 5) is 18.5. The van der Waals surface area contributed by atoms with E-state index in [1.807, 2.05) is 0 Å². The van der Waals surface area contributed by atoms with Crippen molar-refractivity contribution in [2.45, 2.75) is 26.7 Å². The van der Waals surface area contributed by atoms with Crippen molar-refractivity contribution in [3.8, 4) is 0 Å². The number of amides is 1. The molecule has 1 aromatic carbocycles. The van der Waals surface area contributed by atoms with Gasteiger partial charge in [0, 0.05) is 18.3 Å². The van der Waals surface area contributed by atoms with Gasteiger partial charge in [-0.2, -0.15) is 9.28 Å². The maximum absolute atomic E-state index is 13.4. The number of hydrogen-bond acceptors (Lipinski definition) is 3. The molecule has 1 heterocycles. The molecule has 136 valence electrons. The summed E-state index contributed by atoms with van der Waals surface area (Å²) in [5.74, 6) is -0.374. The van der Waals surface area contributed by atoms with Gasteiger partial charge in [0.15, 0.2) is 5.69 Å². The molecule has 0 aliphatic carbocycles. The van der Waals surface area contributed by atoms with Crippen LogP contribution < -0.4 is 4.48 Å². The second-order valence-electron chi connectivity index (χ2n) is 6.42. The number of pyridine rings is 1. The Hall–Kier alpha value is -2.05. The van der Waals surface area contributed by atoms with Crippen molar-refractivity contribution in [1.82, 2.24) is 14.4 Å². The summed E-state index contributed by atoms with van der Waals surface area (Å²) >= 11 is 0. The molecule has 2 aromatic rings. The van der Waals surface area contributed by atoms with Gasteiger partial charge in [-0.3, -0.25) is 4.98 Å². The number of unbranched alkanes of at least 4 members (excludes halogenated alkanes) is 1. The highest BCUT2D eigenvalue weighted by Crippen LogP contribution is 2.30. The average molecular weight is 348 g/mol. The van der Waals surface area contributed by atoms with Gasteiger partial charge >= 0.3 is 6.09 Å². The van der Waals surface area contributed by atoms with Crippen molar-refractivity contribution in [2.75, 3.05) is 33.2 Å². The van der Waals surface area contributed by atoms with Gasteiger partial charge in [-0.15, -0.1) is 0 Å². The van der Waals surface area contributed by atoms with Crippen molar-refractivity contribution in [3.63, 3.8) is 0 Å². The minimum Gasteiger partial charge on any atom is -0.435 e. The van der Waals surface area contributed by atoms with Crippen molar-refractivity contribution >= 4 is 22.7 Å². The van der Waals surface area contributed by atoms with Gasteiger partial charge in [-0.25, -0.2) is 4.39 Å². The number of nitrogens with zero attached hydrogens (tertiary/aromatic N) is 3. The Balaban J connectivity index is 2.23. The summed E-state index contributed by atoms with van der Waals surface area (Å²) < 4.78 is 13.2. The maximum atomic E-state index is 13.4. The fraction of sp³-hybridized carbons (Fsp3) is 0.474. The topological polar surface area (TPSA) is 53.4 Å². The minimum absolute atomic E-state index is 0.233. The minimum atomic E-state index is -0.917. The number of rotatable bonds is 8. The van der Waals surface area contributed by atoms with Crippen molar-refractivity contribution in [1.29, 1.82) is 0 Å². The lowest BCUT2D eigenvalue weighted by molar-refractivity contribution is 0.155. The first-order chi connectivity index (χ1) is 11.9. The molecule has 1 N–H and O–H groups in total. The standard InChI is InChI=1S/C19H26FN3O2/c1-4-22(5-2)12-6-7-13-23(3,19(24)25)18-10-11-21-17-14-15(20)8-9-16(17)18/h8-11,14H,4-7,12-13H2,1-3H3/p+1. The first-order valence-electron chi connectivity index (χ1n) is 8.78. The third-order valence-corrected chi connectivity index (χ3v) is 4.86. The van der Waals surface area contributed by atoms with E-state index in [9.17, 15) is 14.3 Å². The molecule has 2 rings (SSSR count). The van der Waals surface area contributed by atoms with Crippen LogP contribution in [-0.4, -0.2) is 54.3 Å². The van der Waals surface area contributed by atoms with E-state index in [1.54, 1.807) is 25.4 Å². The van der Waals surface area contributed by atoms with Crippen LogP contribution in [0.5, 0.6) is 0 Å². The van der Waals surface area contributed by atoms with Gasteiger partial charge in [0.1, 0.15) is 5.82 Å². The lowest BCUT2D eigenvalue weighted by Crippen LogP contribution is -2.50. The molecule has 0 saturated heterocycles. The highest BCUT2D eigenvalue weighted by molar-refractivity contribution is 5.96. The lowest BCUT2D eigenvalue weighted by Gasteiger charge is -2.29. The van der Waals surface area contributed by atoms with E-state index in [0.717, 1.165) is 32.5 Å². The summed E-state index contributed by atoms with van der Waals surface area (Å²) in [7, 11) is 1.69. The second-order valence-corrected chi connectivity index (χ2v) is 6.42. The molecular formula is C19H27FN3O2+. The smallest absolute Gasteiger partial charge is 0.435 e. The van der Waals surface area contributed by atoms with E-state index < -0.39 is 6.09 Å². The molecule has 0 aliphatic heterocycles. The molecule has 1 atom stereocenters. The fourth-order valence-electron chi connectivity index (χ4n) is 3.16. The van der Waals surface area contributed by atoms with Crippen LogP contribution in [0.15, 0.2) is 30.5 Å². The van der Waals surface area contributed by atoms with Crippen LogP contribution in [0.4, 0.5) is 14.9 Å². The first kappa shape index (κ1) is 19.3. The van der Waals surface area contributed by atoms with Crippen molar-refractivity contribution in [3.05, 3.63) is 36.3 Å². The Kier molecular flexibility index (Phi) is 6.45. The van der Waals surface area contributed by atoms with E-state index in [4.69, 9.17) is 0 Å². The van der Waals surface area contributed by atoms with E-state index in [0.29, 0.717) is 23.1 Å². The highest BCUT2D eigenvalue weighted by Gasteiger charge is 2.35. The Labute approximate surface area is 148 Å². The number of halogens is 1. The zero-order valence-corrected chi connectivity index (χ0v) is 15.2. The molecule has 1 aromatic heterocycles. The molecule has 0 saturated carbocycles. The van der Waals surface area contributed by atoms with Crippen LogP contribution in [0.1, 0.15) is 26.7 Å². The van der Waals surface area contributed by atoms with Crippen LogP contribution in [0.2, 0.25) is 0 Å². The predicted molar refractivity (Wildman–Crippen MR) is 99.3 cm³/mol. The van der Waals surface area contributed by atoms with Crippen LogP contribution in [-0.2, 0) is 0 Å². The summed E-state index contributed by atoms with van der Waals surface area (Å²) in [6.07, 6.45) is 2.37. The lowest BCUT2D eigenvalue weighted by atomic mass is 10.1. The molecular weight excluding hydrogens is 321 g/mol.